The van der Waals surface area contributed by atoms with Gasteiger partial charge in [0, 0.05) is 31.9 Å². The van der Waals surface area contributed by atoms with Crippen LogP contribution in [0.4, 0.5) is 0 Å². The molecule has 1 saturated carbocycles. The van der Waals surface area contributed by atoms with Crippen LogP contribution in [0.2, 0.25) is 0 Å². The Bertz CT molecular complexity index is 604. The van der Waals surface area contributed by atoms with Crippen LogP contribution in [0.1, 0.15) is 28.9 Å². The van der Waals surface area contributed by atoms with Crippen molar-refractivity contribution < 1.29 is 4.79 Å². The molecular weight excluding hydrogens is 254 g/mol. The molecule has 2 fully saturated rings. The molecule has 1 aromatic rings. The molecule has 1 N–H and O–H groups in total. The Morgan fingerprint density at radius 2 is 2.15 bits per heavy atom. The molecule has 6 nitrogen and oxygen atoms in total. The summed E-state index contributed by atoms with van der Waals surface area (Å²) in [6.45, 7) is 1.84. The first-order chi connectivity index (χ1) is 9.72. The molecule has 2 aliphatic rings. The maximum absolute atomic E-state index is 12.4. The fraction of sp³-hybridized carbons (Fsp3) is 0.500. The molecule has 102 valence electrons. The van der Waals surface area contributed by atoms with Gasteiger partial charge in [0.05, 0.1) is 11.6 Å². The molecule has 2 heterocycles. The number of nitrogens with one attached hydrogen (secondary N) is 1. The average molecular weight is 269 g/mol. The lowest BCUT2D eigenvalue weighted by Crippen LogP contribution is -2.54. The van der Waals surface area contributed by atoms with Crippen molar-refractivity contribution >= 4 is 5.91 Å². The second kappa shape index (κ2) is 4.99. The number of H-pyrrole nitrogens is 1. The predicted octanol–water partition coefficient (Wildman–Crippen LogP) is 0.699. The highest BCUT2D eigenvalue weighted by atomic mass is 16.2. The van der Waals surface area contributed by atoms with Crippen molar-refractivity contribution in [2.45, 2.75) is 24.9 Å². The number of hydrogen-bond donors (Lipinski definition) is 1. The Kier molecular flexibility index (Phi) is 3.17. The third-order valence-electron chi connectivity index (χ3n) is 3.92. The number of carbonyl (C=O) groups is 1. The predicted molar refractivity (Wildman–Crippen MR) is 70.5 cm³/mol. The lowest BCUT2D eigenvalue weighted by atomic mass is 10.1. The standard InChI is InChI=1S/C14H15N5O/c15-6-11-5-10(8-17-11)14(20)18-3-4-19(12-1-2-12)13(7-16)9-18/h5,8,12-13,17H,1-4,9H2. The van der Waals surface area contributed by atoms with Gasteiger partial charge in [-0.3, -0.25) is 9.69 Å². The van der Waals surface area contributed by atoms with Gasteiger partial charge in [-0.2, -0.15) is 10.5 Å². The van der Waals surface area contributed by atoms with Crippen LogP contribution in [0.3, 0.4) is 0 Å². The first kappa shape index (κ1) is 12.7. The van der Waals surface area contributed by atoms with Crippen molar-refractivity contribution in [1.82, 2.24) is 14.8 Å². The molecule has 6 heteroatoms. The number of nitrogens with zero attached hydrogens (tertiary/aromatic N) is 4. The van der Waals surface area contributed by atoms with Crippen molar-refractivity contribution in [3.63, 3.8) is 0 Å². The SMILES string of the molecule is N#Cc1cc(C(=O)N2CCN(C3CC3)C(C#N)C2)c[nH]1. The summed E-state index contributed by atoms with van der Waals surface area (Å²) < 4.78 is 0. The van der Waals surface area contributed by atoms with E-state index >= 15 is 0 Å². The topological polar surface area (TPSA) is 86.9 Å². The fourth-order valence-corrected chi connectivity index (χ4v) is 2.70. The molecule has 0 spiro atoms. The number of rotatable bonds is 2. The molecule has 1 aromatic heterocycles. The van der Waals surface area contributed by atoms with Gasteiger partial charge < -0.3 is 9.88 Å². The zero-order valence-electron chi connectivity index (χ0n) is 11.0. The van der Waals surface area contributed by atoms with E-state index in [0.717, 1.165) is 19.4 Å². The van der Waals surface area contributed by atoms with E-state index in [-0.39, 0.29) is 11.9 Å². The number of aromatic nitrogens is 1. The zero-order valence-corrected chi connectivity index (χ0v) is 11.0. The maximum atomic E-state index is 12.4. The van der Waals surface area contributed by atoms with Gasteiger partial charge in [0.1, 0.15) is 17.8 Å². The Hall–Kier alpha value is -2.31. The van der Waals surface area contributed by atoms with Crippen LogP contribution in [-0.4, -0.2) is 52.4 Å². The third kappa shape index (κ3) is 2.26. The lowest BCUT2D eigenvalue weighted by Gasteiger charge is -2.38. The second-order valence-electron chi connectivity index (χ2n) is 5.28. The monoisotopic (exact) mass is 269 g/mol. The van der Waals surface area contributed by atoms with Crippen molar-refractivity contribution in [3.8, 4) is 12.1 Å². The number of amides is 1. The highest BCUT2D eigenvalue weighted by Gasteiger charge is 2.38. The van der Waals surface area contributed by atoms with Crippen molar-refractivity contribution in [2.75, 3.05) is 19.6 Å². The summed E-state index contributed by atoms with van der Waals surface area (Å²) in [5, 5.41) is 18.0. The molecule has 20 heavy (non-hydrogen) atoms. The van der Waals surface area contributed by atoms with Crippen molar-refractivity contribution in [3.05, 3.63) is 23.5 Å². The van der Waals surface area contributed by atoms with Gasteiger partial charge in [-0.25, -0.2) is 0 Å². The van der Waals surface area contributed by atoms with Gasteiger partial charge in [-0.1, -0.05) is 0 Å². The van der Waals surface area contributed by atoms with E-state index in [1.807, 2.05) is 6.07 Å². The van der Waals surface area contributed by atoms with Crippen LogP contribution in [0.5, 0.6) is 0 Å². The third-order valence-corrected chi connectivity index (χ3v) is 3.92. The van der Waals surface area contributed by atoms with Crippen molar-refractivity contribution in [1.29, 1.82) is 10.5 Å². The smallest absolute Gasteiger partial charge is 0.255 e. The Labute approximate surface area is 117 Å². The van der Waals surface area contributed by atoms with Gasteiger partial charge in [-0.05, 0) is 18.9 Å². The minimum atomic E-state index is -0.213. The van der Waals surface area contributed by atoms with E-state index < -0.39 is 0 Å². The quantitative estimate of drug-likeness (QED) is 0.856. The summed E-state index contributed by atoms with van der Waals surface area (Å²) in [5.41, 5.74) is 0.861. The largest absolute Gasteiger partial charge is 0.352 e. The fourth-order valence-electron chi connectivity index (χ4n) is 2.70. The van der Waals surface area contributed by atoms with E-state index in [0.29, 0.717) is 30.4 Å². The molecule has 0 aromatic carbocycles. The molecule has 0 radical (unpaired) electrons. The van der Waals surface area contributed by atoms with E-state index in [1.165, 1.54) is 0 Å². The molecule has 1 aliphatic heterocycles. The molecule has 1 saturated heterocycles. The molecule has 1 atom stereocenters. The Balaban J connectivity index is 1.70. The summed E-state index contributed by atoms with van der Waals surface area (Å²) >= 11 is 0. The molecule has 0 bridgehead atoms. The number of piperazine rings is 1. The average Bonchev–Trinajstić information content (AvgIpc) is 3.22. The van der Waals surface area contributed by atoms with Gasteiger partial charge in [-0.15, -0.1) is 0 Å². The zero-order chi connectivity index (χ0) is 14.1. The molecule has 1 aliphatic carbocycles. The molecule has 1 amide bonds. The van der Waals surface area contributed by atoms with Crippen LogP contribution in [0, 0.1) is 22.7 Å². The highest BCUT2D eigenvalue weighted by molar-refractivity contribution is 5.94. The van der Waals surface area contributed by atoms with Crippen LogP contribution in [0.15, 0.2) is 12.3 Å². The van der Waals surface area contributed by atoms with Gasteiger partial charge in [0.25, 0.3) is 5.91 Å². The normalized spacial score (nSPS) is 23.1. The van der Waals surface area contributed by atoms with Crippen LogP contribution in [0.25, 0.3) is 0 Å². The molecular formula is C14H15N5O. The van der Waals surface area contributed by atoms with E-state index in [1.54, 1.807) is 17.2 Å². The lowest BCUT2D eigenvalue weighted by molar-refractivity contribution is 0.0550. The van der Waals surface area contributed by atoms with E-state index in [4.69, 9.17) is 5.26 Å². The van der Waals surface area contributed by atoms with Crippen LogP contribution < -0.4 is 0 Å². The second-order valence-corrected chi connectivity index (χ2v) is 5.28. The number of carbonyl (C=O) groups excluding carboxylic acids is 1. The molecule has 1 unspecified atom stereocenters. The minimum Gasteiger partial charge on any atom is -0.352 e. The van der Waals surface area contributed by atoms with E-state index in [9.17, 15) is 10.1 Å². The maximum Gasteiger partial charge on any atom is 0.255 e. The van der Waals surface area contributed by atoms with Gasteiger partial charge in [0.2, 0.25) is 0 Å². The Morgan fingerprint density at radius 3 is 2.75 bits per heavy atom. The summed E-state index contributed by atoms with van der Waals surface area (Å²) in [6, 6.07) is 6.14. The summed E-state index contributed by atoms with van der Waals surface area (Å²) in [7, 11) is 0. The van der Waals surface area contributed by atoms with Gasteiger partial charge >= 0.3 is 0 Å². The van der Waals surface area contributed by atoms with Crippen molar-refractivity contribution in [2.24, 2.45) is 0 Å². The highest BCUT2D eigenvalue weighted by Crippen LogP contribution is 2.30. The summed E-state index contributed by atoms with van der Waals surface area (Å²) in [5.74, 6) is -0.113. The molecule has 3 rings (SSSR count). The van der Waals surface area contributed by atoms with E-state index in [2.05, 4.69) is 16.0 Å². The number of aromatic amines is 1. The first-order valence-corrected chi connectivity index (χ1v) is 6.76. The van der Waals surface area contributed by atoms with Gasteiger partial charge in [0.15, 0.2) is 0 Å². The minimum absolute atomic E-state index is 0.113. The number of hydrogen-bond acceptors (Lipinski definition) is 4. The Morgan fingerprint density at radius 1 is 1.35 bits per heavy atom. The summed E-state index contributed by atoms with van der Waals surface area (Å²) in [6.07, 6.45) is 3.88. The van der Waals surface area contributed by atoms with Crippen LogP contribution >= 0.6 is 0 Å². The summed E-state index contributed by atoms with van der Waals surface area (Å²) in [4.78, 5) is 19.0. The first-order valence-electron chi connectivity index (χ1n) is 6.76. The van der Waals surface area contributed by atoms with Crippen LogP contribution in [-0.2, 0) is 0 Å². The number of nitriles is 2.